The predicted molar refractivity (Wildman–Crippen MR) is 183 cm³/mol. The molecule has 0 unspecified atom stereocenters. The number of esters is 1. The molecule has 0 spiro atoms. The zero-order valence-electron chi connectivity index (χ0n) is 28.9. The Bertz CT molecular complexity index is 1630. The quantitative estimate of drug-likeness (QED) is 0.288. The Morgan fingerprint density at radius 2 is 1.73 bits per heavy atom. The highest BCUT2D eigenvalue weighted by molar-refractivity contribution is 5.89. The number of halogens is 1. The second kappa shape index (κ2) is 14.7. The minimum absolute atomic E-state index is 0.0617. The fourth-order valence-electron chi connectivity index (χ4n) is 7.99. The molecule has 12 heteroatoms. The largest absolute Gasteiger partial charge is 0.497 e. The van der Waals surface area contributed by atoms with E-state index >= 15 is 4.79 Å². The second-order valence-corrected chi connectivity index (χ2v) is 13.2. The van der Waals surface area contributed by atoms with Gasteiger partial charge in [0.1, 0.15) is 23.2 Å². The third-order valence-corrected chi connectivity index (χ3v) is 10.6. The zero-order chi connectivity index (χ0) is 34.7. The number of amides is 1. The third-order valence-electron chi connectivity index (χ3n) is 10.6. The van der Waals surface area contributed by atoms with Crippen LogP contribution in [0.15, 0.2) is 54.7 Å². The molecule has 0 saturated carbocycles. The van der Waals surface area contributed by atoms with E-state index < -0.39 is 5.60 Å². The number of aryl methyl sites for hydroxylation is 1. The molecule has 1 aromatic heterocycles. The molecule has 1 amide bonds. The molecule has 0 bridgehead atoms. The Balaban J connectivity index is 1.32. The smallest absolute Gasteiger partial charge is 0.308 e. The molecule has 4 heterocycles. The Hall–Kier alpha value is -4.29. The van der Waals surface area contributed by atoms with Gasteiger partial charge in [-0.1, -0.05) is 18.2 Å². The lowest BCUT2D eigenvalue weighted by Crippen LogP contribution is -2.56. The van der Waals surface area contributed by atoms with E-state index in [1.54, 1.807) is 33.6 Å². The maximum Gasteiger partial charge on any atom is 0.308 e. The molecule has 11 nitrogen and oxygen atoms in total. The number of ether oxygens (including phenoxy) is 4. The van der Waals surface area contributed by atoms with Crippen LogP contribution in [0.25, 0.3) is 0 Å². The summed E-state index contributed by atoms with van der Waals surface area (Å²) in [5.74, 6) is 0.933. The molecule has 3 aromatic rings. The summed E-state index contributed by atoms with van der Waals surface area (Å²) in [6.07, 6.45) is 3.65. The molecule has 49 heavy (non-hydrogen) atoms. The Labute approximate surface area is 287 Å². The van der Waals surface area contributed by atoms with E-state index in [1.165, 1.54) is 13.2 Å². The van der Waals surface area contributed by atoms with Crippen LogP contribution in [-0.2, 0) is 23.8 Å². The van der Waals surface area contributed by atoms with Crippen LogP contribution in [0.1, 0.15) is 48.0 Å². The number of methoxy groups -OCH3 is 4. The van der Waals surface area contributed by atoms with Crippen molar-refractivity contribution < 1.29 is 32.9 Å². The average Bonchev–Trinajstić information content (AvgIpc) is 3.74. The van der Waals surface area contributed by atoms with Crippen LogP contribution in [0.2, 0.25) is 0 Å². The topological polar surface area (TPSA) is 107 Å². The maximum absolute atomic E-state index is 15.1. The number of piperidine rings is 1. The normalized spacial score (nSPS) is 24.4. The van der Waals surface area contributed by atoms with Crippen LogP contribution in [-0.4, -0.2) is 106 Å². The molecule has 0 aliphatic carbocycles. The predicted octanol–water partition coefficient (Wildman–Crippen LogP) is 4.34. The molecule has 3 fully saturated rings. The van der Waals surface area contributed by atoms with Crippen molar-refractivity contribution in [2.75, 3.05) is 77.6 Å². The van der Waals surface area contributed by atoms with Gasteiger partial charge in [-0.05, 0) is 67.6 Å². The second-order valence-electron chi connectivity index (χ2n) is 13.2. The summed E-state index contributed by atoms with van der Waals surface area (Å²) in [6, 6.07) is 14.4. The van der Waals surface area contributed by atoms with Crippen LogP contribution < -0.4 is 14.5 Å². The minimum atomic E-state index is -1.23. The summed E-state index contributed by atoms with van der Waals surface area (Å²) in [5, 5.41) is 0. The van der Waals surface area contributed by atoms with Crippen molar-refractivity contribution in [1.82, 2.24) is 14.9 Å². The number of hydrogen-bond acceptors (Lipinski definition) is 10. The van der Waals surface area contributed by atoms with E-state index in [1.807, 2.05) is 48.2 Å². The van der Waals surface area contributed by atoms with Crippen molar-refractivity contribution in [1.29, 1.82) is 0 Å². The molecule has 262 valence electrons. The number of benzene rings is 2. The monoisotopic (exact) mass is 675 g/mol. The van der Waals surface area contributed by atoms with Gasteiger partial charge >= 0.3 is 5.97 Å². The first-order valence-corrected chi connectivity index (χ1v) is 16.9. The number of aromatic nitrogens is 2. The number of nitrogens with zero attached hydrogens (tertiary/aromatic N) is 5. The number of anilines is 2. The number of hydrogen-bond donors (Lipinski definition) is 0. The number of rotatable bonds is 10. The molecule has 3 saturated heterocycles. The first kappa shape index (κ1) is 34.6. The summed E-state index contributed by atoms with van der Waals surface area (Å²) in [5.41, 5.74) is 1.52. The van der Waals surface area contributed by atoms with E-state index in [9.17, 15) is 9.18 Å². The van der Waals surface area contributed by atoms with Crippen LogP contribution in [0.3, 0.4) is 0 Å². The molecular weight excluding hydrogens is 629 g/mol. The van der Waals surface area contributed by atoms with Gasteiger partial charge in [-0.2, -0.15) is 0 Å². The number of likely N-dealkylation sites (tertiary alicyclic amines) is 1. The molecule has 4 atom stereocenters. The highest BCUT2D eigenvalue weighted by atomic mass is 19.1. The Kier molecular flexibility index (Phi) is 10.4. The molecule has 3 aliphatic heterocycles. The van der Waals surface area contributed by atoms with Crippen molar-refractivity contribution in [2.45, 2.75) is 49.7 Å². The maximum atomic E-state index is 15.1. The highest BCUT2D eigenvalue weighted by Crippen LogP contribution is 2.45. The van der Waals surface area contributed by atoms with Gasteiger partial charge < -0.3 is 33.6 Å². The lowest BCUT2D eigenvalue weighted by Gasteiger charge is -2.38. The zero-order valence-corrected chi connectivity index (χ0v) is 28.9. The summed E-state index contributed by atoms with van der Waals surface area (Å²) in [7, 11) is 6.29. The first-order chi connectivity index (χ1) is 23.7. The van der Waals surface area contributed by atoms with Crippen molar-refractivity contribution >= 4 is 23.4 Å². The van der Waals surface area contributed by atoms with Gasteiger partial charge in [0.15, 0.2) is 5.60 Å². The molecular formula is C37H46FN5O6. The van der Waals surface area contributed by atoms with E-state index in [0.717, 1.165) is 28.4 Å². The van der Waals surface area contributed by atoms with Crippen LogP contribution in [0.4, 0.5) is 15.9 Å². The van der Waals surface area contributed by atoms with Crippen molar-refractivity contribution in [3.63, 3.8) is 0 Å². The Morgan fingerprint density at radius 3 is 2.39 bits per heavy atom. The van der Waals surface area contributed by atoms with Crippen LogP contribution >= 0.6 is 0 Å². The molecule has 6 rings (SSSR count). The standard InChI is InChI=1S/C37H46FN5O6/c1-24-39-15-12-34(40-24)42-21-32(25-6-9-30(47-3)10-7-25)37(23-42,49-5)36(45)43-20-27(18-29(43)22-46-2)31-11-8-28(38)19-33(31)41-16-13-26(14-17-41)35(44)48-4/h6-12,15,19,26-27,29,32H,13-14,16-18,20-23H2,1-5H3/t27-,29+,32+,37+/m1/s1. The molecule has 0 radical (unpaired) electrons. The lowest BCUT2D eigenvalue weighted by molar-refractivity contribution is -0.156. The van der Waals surface area contributed by atoms with Crippen molar-refractivity contribution in [2.24, 2.45) is 5.92 Å². The van der Waals surface area contributed by atoms with Gasteiger partial charge in [-0.3, -0.25) is 9.59 Å². The van der Waals surface area contributed by atoms with Gasteiger partial charge in [0.05, 0.1) is 39.3 Å². The van der Waals surface area contributed by atoms with Crippen molar-refractivity contribution in [3.05, 3.63) is 77.5 Å². The first-order valence-electron chi connectivity index (χ1n) is 16.9. The molecule has 2 aromatic carbocycles. The fourth-order valence-corrected chi connectivity index (χ4v) is 7.99. The minimum Gasteiger partial charge on any atom is -0.497 e. The lowest BCUT2D eigenvalue weighted by atomic mass is 9.83. The highest BCUT2D eigenvalue weighted by Gasteiger charge is 2.57. The number of carbonyl (C=O) groups excluding carboxylic acids is 2. The van der Waals surface area contributed by atoms with E-state index in [0.29, 0.717) is 64.4 Å². The van der Waals surface area contributed by atoms with Crippen LogP contribution in [0.5, 0.6) is 5.75 Å². The third kappa shape index (κ3) is 6.81. The summed E-state index contributed by atoms with van der Waals surface area (Å²) in [6.45, 7) is 4.66. The van der Waals surface area contributed by atoms with Crippen molar-refractivity contribution in [3.8, 4) is 5.75 Å². The van der Waals surface area contributed by atoms with Crippen LogP contribution in [0, 0.1) is 18.7 Å². The molecule has 3 aliphatic rings. The van der Waals surface area contributed by atoms with Gasteiger partial charge in [-0.25, -0.2) is 14.4 Å². The Morgan fingerprint density at radius 1 is 0.980 bits per heavy atom. The van der Waals surface area contributed by atoms with E-state index in [-0.39, 0.29) is 41.5 Å². The van der Waals surface area contributed by atoms with Gasteiger partial charge in [0, 0.05) is 64.1 Å². The average molecular weight is 676 g/mol. The van der Waals surface area contributed by atoms with E-state index in [4.69, 9.17) is 18.9 Å². The molecule has 0 N–H and O–H groups in total. The summed E-state index contributed by atoms with van der Waals surface area (Å²) < 4.78 is 37.2. The van der Waals surface area contributed by atoms with E-state index in [2.05, 4.69) is 19.8 Å². The number of carbonyl (C=O) groups is 2. The van der Waals surface area contributed by atoms with Gasteiger partial charge in [0.2, 0.25) is 0 Å². The van der Waals surface area contributed by atoms with Gasteiger partial charge in [0.25, 0.3) is 5.91 Å². The summed E-state index contributed by atoms with van der Waals surface area (Å²) >= 11 is 0. The fraction of sp³-hybridized carbons (Fsp3) is 0.514. The summed E-state index contributed by atoms with van der Waals surface area (Å²) in [4.78, 5) is 42.4. The SMILES string of the molecule is COC[C@@H]1C[C@@H](c2ccc(F)cc2N2CCC(C(=O)OC)CC2)CN1C(=O)[C@]1(OC)CN(c2ccnc(C)n2)C[C@H]1c1ccc(OC)cc1. The van der Waals surface area contributed by atoms with Gasteiger partial charge in [-0.15, -0.1) is 0 Å².